The lowest BCUT2D eigenvalue weighted by Gasteiger charge is -2.18. The van der Waals surface area contributed by atoms with Gasteiger partial charge >= 0.3 is 5.97 Å². The van der Waals surface area contributed by atoms with Gasteiger partial charge in [-0.25, -0.2) is 9.78 Å². The summed E-state index contributed by atoms with van der Waals surface area (Å²) >= 11 is 1.63. The molecule has 0 radical (unpaired) electrons. The maximum atomic E-state index is 13.0. The zero-order valence-corrected chi connectivity index (χ0v) is 15.3. The van der Waals surface area contributed by atoms with Crippen LogP contribution in [0.4, 0.5) is 0 Å². The number of carbonyl (C=O) groups excluding carboxylic acids is 1. The Hall–Kier alpha value is -1.69. The molecule has 2 aromatic rings. The molecule has 1 aliphatic carbocycles. The number of fused-ring (bicyclic) bond motifs is 3. The molecule has 0 fully saturated rings. The lowest BCUT2D eigenvalue weighted by molar-refractivity contribution is -0.147. The summed E-state index contributed by atoms with van der Waals surface area (Å²) in [5.74, 6) is 0.306. The number of rotatable bonds is 5. The van der Waals surface area contributed by atoms with Gasteiger partial charge in [-0.05, 0) is 43.6 Å². The van der Waals surface area contributed by atoms with Crippen LogP contribution in [0.2, 0.25) is 0 Å². The van der Waals surface area contributed by atoms with Crippen LogP contribution in [0, 0.1) is 5.92 Å². The monoisotopic (exact) mass is 348 g/mol. The maximum absolute atomic E-state index is 13.0. The standard InChI is InChI=1S/C18H24N2O3S/c1-4-8-23-18(22)13(5-2)20-10-19-16-15(17(20)21)12-7-6-11(3)9-14(12)24-16/h10-11,13H,4-9H2,1-3H3/t11-,13+/m1/s1. The van der Waals surface area contributed by atoms with E-state index in [0.717, 1.165) is 36.1 Å². The Balaban J connectivity index is 2.05. The van der Waals surface area contributed by atoms with Crippen LogP contribution >= 0.6 is 11.3 Å². The first-order chi connectivity index (χ1) is 11.6. The van der Waals surface area contributed by atoms with Gasteiger partial charge in [-0.15, -0.1) is 11.3 Å². The summed E-state index contributed by atoms with van der Waals surface area (Å²) in [6, 6.07) is -0.598. The van der Waals surface area contributed by atoms with Crippen LogP contribution < -0.4 is 5.56 Å². The van der Waals surface area contributed by atoms with Crippen LogP contribution in [0.15, 0.2) is 11.1 Å². The van der Waals surface area contributed by atoms with Crippen LogP contribution in [0.3, 0.4) is 0 Å². The predicted octanol–water partition coefficient (Wildman–Crippen LogP) is 3.49. The summed E-state index contributed by atoms with van der Waals surface area (Å²) in [5.41, 5.74) is 1.05. The van der Waals surface area contributed by atoms with Crippen molar-refractivity contribution in [2.24, 2.45) is 5.92 Å². The molecule has 2 aromatic heterocycles. The van der Waals surface area contributed by atoms with Crippen LogP contribution in [0.25, 0.3) is 10.2 Å². The molecule has 0 unspecified atom stereocenters. The SMILES string of the molecule is CCCOC(=O)[C@H](CC)n1cnc2sc3c(c2c1=O)CC[C@@H](C)C3. The van der Waals surface area contributed by atoms with E-state index in [4.69, 9.17) is 4.74 Å². The predicted molar refractivity (Wildman–Crippen MR) is 95.6 cm³/mol. The van der Waals surface area contributed by atoms with Crippen LogP contribution in [0.5, 0.6) is 0 Å². The third-order valence-corrected chi connectivity index (χ3v) is 5.85. The molecular formula is C18H24N2O3S. The van der Waals surface area contributed by atoms with Crippen molar-refractivity contribution in [1.29, 1.82) is 0 Å². The second-order valence-electron chi connectivity index (χ2n) is 6.58. The fourth-order valence-electron chi connectivity index (χ4n) is 3.34. The Morgan fingerprint density at radius 1 is 1.50 bits per heavy atom. The lowest BCUT2D eigenvalue weighted by atomic mass is 9.89. The number of esters is 1. The fourth-order valence-corrected chi connectivity index (χ4v) is 4.68. The van der Waals surface area contributed by atoms with Gasteiger partial charge in [-0.3, -0.25) is 9.36 Å². The molecule has 5 nitrogen and oxygen atoms in total. The van der Waals surface area contributed by atoms with Gasteiger partial charge in [0, 0.05) is 4.88 Å². The van der Waals surface area contributed by atoms with Crippen molar-refractivity contribution in [3.8, 4) is 0 Å². The van der Waals surface area contributed by atoms with Gasteiger partial charge < -0.3 is 4.74 Å². The van der Waals surface area contributed by atoms with E-state index >= 15 is 0 Å². The number of aryl methyl sites for hydroxylation is 1. The smallest absolute Gasteiger partial charge is 0.329 e. The number of hydrogen-bond acceptors (Lipinski definition) is 5. The van der Waals surface area contributed by atoms with E-state index in [-0.39, 0.29) is 11.5 Å². The van der Waals surface area contributed by atoms with Gasteiger partial charge in [-0.2, -0.15) is 0 Å². The summed E-state index contributed by atoms with van der Waals surface area (Å²) in [6.07, 6.45) is 5.84. The highest BCUT2D eigenvalue weighted by molar-refractivity contribution is 7.18. The third-order valence-electron chi connectivity index (χ3n) is 4.68. The van der Waals surface area contributed by atoms with Gasteiger partial charge in [0.2, 0.25) is 0 Å². The highest BCUT2D eigenvalue weighted by Crippen LogP contribution is 2.35. The minimum Gasteiger partial charge on any atom is -0.464 e. The first kappa shape index (κ1) is 17.1. The van der Waals surface area contributed by atoms with E-state index < -0.39 is 6.04 Å². The molecule has 1 aliphatic rings. The number of hydrogen-bond donors (Lipinski definition) is 0. The quantitative estimate of drug-likeness (QED) is 0.776. The van der Waals surface area contributed by atoms with E-state index in [0.29, 0.717) is 24.3 Å². The topological polar surface area (TPSA) is 61.2 Å². The Morgan fingerprint density at radius 2 is 2.29 bits per heavy atom. The van der Waals surface area contributed by atoms with E-state index in [9.17, 15) is 9.59 Å². The lowest BCUT2D eigenvalue weighted by Crippen LogP contribution is -2.31. The van der Waals surface area contributed by atoms with Crippen LogP contribution in [-0.4, -0.2) is 22.1 Å². The zero-order valence-electron chi connectivity index (χ0n) is 14.5. The van der Waals surface area contributed by atoms with Crippen molar-refractivity contribution in [1.82, 2.24) is 9.55 Å². The van der Waals surface area contributed by atoms with Gasteiger partial charge in [-0.1, -0.05) is 20.8 Å². The first-order valence-electron chi connectivity index (χ1n) is 8.74. The van der Waals surface area contributed by atoms with Gasteiger partial charge in [0.15, 0.2) is 0 Å². The second-order valence-corrected chi connectivity index (χ2v) is 7.66. The molecule has 0 bridgehead atoms. The van der Waals surface area contributed by atoms with Crippen molar-refractivity contribution in [3.05, 3.63) is 27.1 Å². The second kappa shape index (κ2) is 7.05. The van der Waals surface area contributed by atoms with Crippen molar-refractivity contribution in [3.63, 3.8) is 0 Å². The normalized spacial score (nSPS) is 18.4. The molecular weight excluding hydrogens is 324 g/mol. The molecule has 3 rings (SSSR count). The zero-order chi connectivity index (χ0) is 17.3. The van der Waals surface area contributed by atoms with Crippen LogP contribution in [0.1, 0.15) is 56.5 Å². The van der Waals surface area contributed by atoms with E-state index in [2.05, 4.69) is 11.9 Å². The maximum Gasteiger partial charge on any atom is 0.329 e. The minimum absolute atomic E-state index is 0.104. The van der Waals surface area contributed by atoms with E-state index in [1.807, 2.05) is 13.8 Å². The molecule has 0 saturated carbocycles. The van der Waals surface area contributed by atoms with E-state index in [1.54, 1.807) is 11.3 Å². The molecule has 24 heavy (non-hydrogen) atoms. The highest BCUT2D eigenvalue weighted by Gasteiger charge is 2.26. The van der Waals surface area contributed by atoms with Gasteiger partial charge in [0.05, 0.1) is 18.3 Å². The summed E-state index contributed by atoms with van der Waals surface area (Å²) in [4.78, 5) is 31.9. The largest absolute Gasteiger partial charge is 0.464 e. The molecule has 2 heterocycles. The summed E-state index contributed by atoms with van der Waals surface area (Å²) in [6.45, 7) is 6.47. The average molecular weight is 348 g/mol. The molecule has 0 aliphatic heterocycles. The van der Waals surface area contributed by atoms with Crippen molar-refractivity contribution in [2.75, 3.05) is 6.61 Å². The van der Waals surface area contributed by atoms with Crippen molar-refractivity contribution in [2.45, 2.75) is 58.9 Å². The number of thiophene rings is 1. The summed E-state index contributed by atoms with van der Waals surface area (Å²) < 4.78 is 6.71. The van der Waals surface area contributed by atoms with Crippen molar-refractivity contribution < 1.29 is 9.53 Å². The fraction of sp³-hybridized carbons (Fsp3) is 0.611. The van der Waals surface area contributed by atoms with E-state index in [1.165, 1.54) is 15.8 Å². The minimum atomic E-state index is -0.598. The molecule has 0 saturated heterocycles. The Labute approximate surface area is 145 Å². The van der Waals surface area contributed by atoms with Crippen LogP contribution in [-0.2, 0) is 22.4 Å². The molecule has 0 N–H and O–H groups in total. The first-order valence-corrected chi connectivity index (χ1v) is 9.56. The molecule has 6 heteroatoms. The number of aromatic nitrogens is 2. The highest BCUT2D eigenvalue weighted by atomic mass is 32.1. The molecule has 2 atom stereocenters. The molecule has 0 spiro atoms. The Kier molecular flexibility index (Phi) is 5.04. The summed E-state index contributed by atoms with van der Waals surface area (Å²) in [5, 5.41) is 0.714. The van der Waals surface area contributed by atoms with Crippen molar-refractivity contribution >= 4 is 27.5 Å². The third kappa shape index (κ3) is 2.99. The molecule has 130 valence electrons. The van der Waals surface area contributed by atoms with Gasteiger partial charge in [0.1, 0.15) is 10.9 Å². The number of nitrogens with zero attached hydrogens (tertiary/aromatic N) is 2. The van der Waals surface area contributed by atoms with Gasteiger partial charge in [0.25, 0.3) is 5.56 Å². The Bertz CT molecular complexity index is 808. The average Bonchev–Trinajstić information content (AvgIpc) is 2.93. The molecule has 0 amide bonds. The molecule has 0 aromatic carbocycles. The Morgan fingerprint density at radius 3 is 3.00 bits per heavy atom. The summed E-state index contributed by atoms with van der Waals surface area (Å²) in [7, 11) is 0. The number of ether oxygens (including phenoxy) is 1. The number of carbonyl (C=O) groups is 1.